The molecule has 2 aromatic carbocycles. The molecular weight excluding hydrogens is 542 g/mol. The Morgan fingerprint density at radius 3 is 2.52 bits per heavy atom. The number of benzene rings is 2. The number of nitrogens with two attached hydrogens (primary N) is 1. The number of aromatic nitrogens is 2. The minimum absolute atomic E-state index is 0.167. The number of halogens is 1. The number of rotatable bonds is 4. The summed E-state index contributed by atoms with van der Waals surface area (Å²) in [6.45, 7) is 11.7. The number of anilines is 2. The predicted octanol–water partition coefficient (Wildman–Crippen LogP) is 7.97. The molecule has 9 heteroatoms. The van der Waals surface area contributed by atoms with Crippen LogP contribution in [-0.2, 0) is 4.74 Å². The lowest BCUT2D eigenvalue weighted by atomic mass is 10.1. The Morgan fingerprint density at radius 1 is 1.10 bits per heavy atom. The Balaban J connectivity index is 0.000000737. The van der Waals surface area contributed by atoms with Gasteiger partial charge >= 0.3 is 0 Å². The predicted molar refractivity (Wildman–Crippen MR) is 172 cm³/mol. The minimum Gasteiger partial charge on any atom is -0.367 e. The zero-order chi connectivity index (χ0) is 29.5. The zero-order valence-corrected chi connectivity index (χ0v) is 25.8. The van der Waals surface area contributed by atoms with Crippen LogP contribution in [0.1, 0.15) is 50.0 Å². The maximum atomic E-state index is 13.0. The van der Waals surface area contributed by atoms with Crippen molar-refractivity contribution in [2.75, 3.05) is 35.8 Å². The van der Waals surface area contributed by atoms with Gasteiger partial charge in [0.2, 0.25) is 0 Å². The maximum Gasteiger partial charge on any atom is 0.255 e. The summed E-state index contributed by atoms with van der Waals surface area (Å²) < 4.78 is 7.58. The summed E-state index contributed by atoms with van der Waals surface area (Å²) in [6, 6.07) is 17.0. The van der Waals surface area contributed by atoms with Gasteiger partial charge in [0, 0.05) is 40.3 Å². The Bertz CT molecular complexity index is 1360. The maximum absolute atomic E-state index is 13.0. The van der Waals surface area contributed by atoms with E-state index in [0.717, 1.165) is 40.0 Å². The van der Waals surface area contributed by atoms with Crippen LogP contribution < -0.4 is 15.4 Å². The Labute approximate surface area is 247 Å². The summed E-state index contributed by atoms with van der Waals surface area (Å²) in [4.78, 5) is 21.8. The van der Waals surface area contributed by atoms with E-state index in [9.17, 15) is 4.79 Å². The first kappa shape index (κ1) is 33.0. The van der Waals surface area contributed by atoms with Crippen molar-refractivity contribution in [2.45, 2.75) is 41.0 Å². The number of carbonyl (C=O) groups is 1. The standard InChI is InChI=1S/C25H21ClN4O2S.C3H8.C2H6.CH5N/c1-16-12-19(30-10-11-32-15-33-30)4-5-20(16)25(31)28-18-3-6-22(26)21(13-18)24-7-2-17-14-27-9-8-23(17)29-24;1-3-2;2*1-2/h2-9,12-14H,10-11,15H2,1H3,(H,28,31);3H2,1-2H3;1-2H3;2H2,1H3. The first-order valence-corrected chi connectivity index (χ1v) is 14.8. The van der Waals surface area contributed by atoms with Crippen LogP contribution in [0.25, 0.3) is 22.2 Å². The fraction of sp³-hybridized carbons (Fsp3) is 0.323. The molecule has 1 saturated heterocycles. The lowest BCUT2D eigenvalue weighted by Gasteiger charge is -2.27. The van der Waals surface area contributed by atoms with Crippen LogP contribution >= 0.6 is 23.5 Å². The van der Waals surface area contributed by atoms with Crippen molar-refractivity contribution < 1.29 is 9.53 Å². The van der Waals surface area contributed by atoms with Gasteiger partial charge in [-0.3, -0.25) is 9.78 Å². The second-order valence-electron chi connectivity index (χ2n) is 8.38. The van der Waals surface area contributed by atoms with Crippen LogP contribution in [0.15, 0.2) is 67.0 Å². The molecule has 1 fully saturated rings. The topological polar surface area (TPSA) is 93.4 Å². The highest BCUT2D eigenvalue weighted by Crippen LogP contribution is 2.31. The molecule has 0 bridgehead atoms. The second-order valence-corrected chi connectivity index (χ2v) is 9.72. The van der Waals surface area contributed by atoms with Crippen LogP contribution in [0.4, 0.5) is 11.4 Å². The van der Waals surface area contributed by atoms with Gasteiger partial charge in [0.05, 0.1) is 29.4 Å². The highest BCUT2D eigenvalue weighted by Gasteiger charge is 2.16. The van der Waals surface area contributed by atoms with Crippen molar-refractivity contribution in [3.8, 4) is 11.3 Å². The Morgan fingerprint density at radius 2 is 1.85 bits per heavy atom. The lowest BCUT2D eigenvalue weighted by molar-refractivity contribution is 0.102. The van der Waals surface area contributed by atoms with Crippen LogP contribution in [0, 0.1) is 6.92 Å². The van der Waals surface area contributed by atoms with Crippen LogP contribution in [0.2, 0.25) is 5.02 Å². The Hall–Kier alpha value is -3.17. The SMILES string of the molecule is CC.CCC.CN.Cc1cc(N2CCOCS2)ccc1C(=O)Nc1ccc(Cl)c(-c2ccc3cnccc3n2)c1. The molecule has 5 rings (SSSR count). The third-order valence-corrected chi connectivity index (χ3v) is 6.77. The van der Waals surface area contributed by atoms with E-state index < -0.39 is 0 Å². The highest BCUT2D eigenvalue weighted by atomic mass is 35.5. The summed E-state index contributed by atoms with van der Waals surface area (Å²) in [5, 5.41) is 4.52. The second kappa shape index (κ2) is 17.5. The summed E-state index contributed by atoms with van der Waals surface area (Å²) >= 11 is 8.10. The number of pyridine rings is 2. The van der Waals surface area contributed by atoms with Crippen LogP contribution in [-0.4, -0.2) is 42.0 Å². The van der Waals surface area contributed by atoms with E-state index in [1.807, 2.05) is 63.2 Å². The van der Waals surface area contributed by atoms with Gasteiger partial charge in [-0.1, -0.05) is 45.7 Å². The van der Waals surface area contributed by atoms with Crippen molar-refractivity contribution in [1.82, 2.24) is 9.97 Å². The number of aryl methyl sites for hydroxylation is 1. The molecule has 40 heavy (non-hydrogen) atoms. The van der Waals surface area contributed by atoms with E-state index in [1.165, 1.54) is 13.5 Å². The monoisotopic (exact) mass is 581 g/mol. The van der Waals surface area contributed by atoms with Gasteiger partial charge in [-0.15, -0.1) is 0 Å². The molecule has 7 nitrogen and oxygen atoms in total. The average molecular weight is 582 g/mol. The van der Waals surface area contributed by atoms with Gasteiger partial charge in [-0.25, -0.2) is 4.98 Å². The first-order chi connectivity index (χ1) is 19.5. The number of nitrogens with one attached hydrogen (secondary N) is 1. The number of amides is 1. The molecule has 0 saturated carbocycles. The van der Waals surface area contributed by atoms with E-state index >= 15 is 0 Å². The normalized spacial score (nSPS) is 12.2. The van der Waals surface area contributed by atoms with Crippen molar-refractivity contribution in [3.05, 3.63) is 83.1 Å². The van der Waals surface area contributed by atoms with Crippen LogP contribution in [0.5, 0.6) is 0 Å². The largest absolute Gasteiger partial charge is 0.367 e. The third-order valence-electron chi connectivity index (χ3n) is 5.46. The number of hydrogen-bond acceptors (Lipinski definition) is 7. The number of nitrogens with zero attached hydrogens (tertiary/aromatic N) is 3. The average Bonchev–Trinajstić information content (AvgIpc) is 3.00. The molecule has 0 spiro atoms. The molecule has 1 aliphatic rings. The third kappa shape index (κ3) is 8.93. The van der Waals surface area contributed by atoms with Gasteiger partial charge in [0.15, 0.2) is 0 Å². The van der Waals surface area contributed by atoms with E-state index in [0.29, 0.717) is 28.8 Å². The number of ether oxygens (including phenoxy) is 1. The summed E-state index contributed by atoms with van der Waals surface area (Å²) in [5.74, 6) is 0.475. The van der Waals surface area contributed by atoms with Gasteiger partial charge in [0.25, 0.3) is 5.91 Å². The molecule has 1 amide bonds. The molecule has 2 aromatic heterocycles. The van der Waals surface area contributed by atoms with Crippen molar-refractivity contribution in [3.63, 3.8) is 0 Å². The quantitative estimate of drug-likeness (QED) is 0.236. The minimum atomic E-state index is -0.167. The number of fused-ring (bicyclic) bond motifs is 1. The van der Waals surface area contributed by atoms with Gasteiger partial charge in [-0.05, 0) is 86.1 Å². The summed E-state index contributed by atoms with van der Waals surface area (Å²) in [7, 11) is 1.50. The molecular formula is C31H40ClN5O2S. The summed E-state index contributed by atoms with van der Waals surface area (Å²) in [6.07, 6.45) is 4.73. The number of carbonyl (C=O) groups excluding carboxylic acids is 1. The molecule has 1 aliphatic heterocycles. The van der Waals surface area contributed by atoms with Crippen molar-refractivity contribution in [1.29, 1.82) is 0 Å². The Kier molecular flexibility index (Phi) is 14.5. The van der Waals surface area contributed by atoms with Gasteiger partial charge < -0.3 is 20.1 Å². The van der Waals surface area contributed by atoms with Gasteiger partial charge in [0.1, 0.15) is 5.94 Å². The fourth-order valence-corrected chi connectivity index (χ4v) is 4.75. The van der Waals surface area contributed by atoms with Crippen LogP contribution in [0.3, 0.4) is 0 Å². The molecule has 0 atom stereocenters. The molecule has 4 aromatic rings. The first-order valence-electron chi connectivity index (χ1n) is 13.5. The lowest BCUT2D eigenvalue weighted by Crippen LogP contribution is -2.26. The van der Waals surface area contributed by atoms with E-state index in [-0.39, 0.29) is 5.91 Å². The van der Waals surface area contributed by atoms with Crippen molar-refractivity contribution >= 4 is 51.7 Å². The number of hydrogen-bond donors (Lipinski definition) is 2. The van der Waals surface area contributed by atoms with Crippen molar-refractivity contribution in [2.24, 2.45) is 5.73 Å². The smallest absolute Gasteiger partial charge is 0.255 e. The van der Waals surface area contributed by atoms with E-state index in [4.69, 9.17) is 21.3 Å². The molecule has 0 aliphatic carbocycles. The van der Waals surface area contributed by atoms with E-state index in [2.05, 4.69) is 34.2 Å². The zero-order valence-electron chi connectivity index (χ0n) is 24.2. The molecule has 214 valence electrons. The highest BCUT2D eigenvalue weighted by molar-refractivity contribution is 8.00. The van der Waals surface area contributed by atoms with E-state index in [1.54, 1.807) is 36.5 Å². The fourth-order valence-electron chi connectivity index (χ4n) is 3.75. The molecule has 0 unspecified atom stereocenters. The molecule has 3 heterocycles. The van der Waals surface area contributed by atoms with Gasteiger partial charge in [-0.2, -0.15) is 0 Å². The molecule has 0 radical (unpaired) electrons. The summed E-state index contributed by atoms with van der Waals surface area (Å²) in [5.41, 5.74) is 10.1. The molecule has 3 N–H and O–H groups in total.